The van der Waals surface area contributed by atoms with Crippen molar-refractivity contribution < 1.29 is 9.47 Å². The van der Waals surface area contributed by atoms with Gasteiger partial charge in [-0.2, -0.15) is 5.10 Å². The highest BCUT2D eigenvalue weighted by atomic mass is 16.5. The summed E-state index contributed by atoms with van der Waals surface area (Å²) in [5.74, 6) is 0.615. The predicted octanol–water partition coefficient (Wildman–Crippen LogP) is 1.80. The summed E-state index contributed by atoms with van der Waals surface area (Å²) < 4.78 is 13.4. The Labute approximate surface area is 127 Å². The van der Waals surface area contributed by atoms with Gasteiger partial charge < -0.3 is 14.4 Å². The quantitative estimate of drug-likeness (QED) is 0.750. The van der Waals surface area contributed by atoms with Crippen LogP contribution in [0.25, 0.3) is 0 Å². The molecule has 0 amide bonds. The number of aryl methyl sites for hydroxylation is 1. The van der Waals surface area contributed by atoms with Crippen LogP contribution in [0.4, 0.5) is 0 Å². The standard InChI is InChI=1S/C16H27N3O2/c1-18-16(6-7-17-18)14-4-2-8-19(12-14)9-11-20-13-15-5-3-10-21-15/h6-7,14-15H,2-5,8-13H2,1H3/t14-,15-/m0/s1. The maximum atomic E-state index is 5.79. The molecule has 0 unspecified atom stereocenters. The minimum atomic E-state index is 0.341. The van der Waals surface area contributed by atoms with Gasteiger partial charge in [-0.25, -0.2) is 0 Å². The summed E-state index contributed by atoms with van der Waals surface area (Å²) >= 11 is 0. The number of ether oxygens (including phenoxy) is 2. The Morgan fingerprint density at radius 3 is 3.10 bits per heavy atom. The van der Waals surface area contributed by atoms with Crippen LogP contribution in [0.3, 0.4) is 0 Å². The third-order valence-corrected chi connectivity index (χ3v) is 4.66. The monoisotopic (exact) mass is 293 g/mol. The molecule has 0 aliphatic carbocycles. The summed E-state index contributed by atoms with van der Waals surface area (Å²) in [5.41, 5.74) is 1.36. The highest BCUT2D eigenvalue weighted by molar-refractivity contribution is 5.09. The first-order valence-electron chi connectivity index (χ1n) is 8.22. The van der Waals surface area contributed by atoms with E-state index in [4.69, 9.17) is 9.47 Å². The summed E-state index contributed by atoms with van der Waals surface area (Å²) in [5, 5.41) is 4.30. The van der Waals surface area contributed by atoms with Gasteiger partial charge in [0.2, 0.25) is 0 Å². The molecule has 118 valence electrons. The minimum absolute atomic E-state index is 0.341. The van der Waals surface area contributed by atoms with Crippen molar-refractivity contribution >= 4 is 0 Å². The number of hydrogen-bond acceptors (Lipinski definition) is 4. The molecule has 0 radical (unpaired) electrons. The minimum Gasteiger partial charge on any atom is -0.377 e. The molecule has 3 heterocycles. The van der Waals surface area contributed by atoms with Crippen LogP contribution < -0.4 is 0 Å². The van der Waals surface area contributed by atoms with E-state index in [1.165, 1.54) is 31.5 Å². The lowest BCUT2D eigenvalue weighted by Crippen LogP contribution is -2.37. The van der Waals surface area contributed by atoms with Gasteiger partial charge in [0.1, 0.15) is 0 Å². The van der Waals surface area contributed by atoms with Crippen molar-refractivity contribution in [1.29, 1.82) is 0 Å². The Morgan fingerprint density at radius 1 is 1.38 bits per heavy atom. The first kappa shape index (κ1) is 15.0. The van der Waals surface area contributed by atoms with E-state index in [2.05, 4.69) is 16.1 Å². The van der Waals surface area contributed by atoms with Gasteiger partial charge in [0.25, 0.3) is 0 Å². The summed E-state index contributed by atoms with van der Waals surface area (Å²) in [4.78, 5) is 2.52. The normalized spacial score (nSPS) is 27.3. The van der Waals surface area contributed by atoms with Crippen LogP contribution in [0.5, 0.6) is 0 Å². The molecule has 1 aromatic heterocycles. The van der Waals surface area contributed by atoms with Gasteiger partial charge in [-0.05, 0) is 38.3 Å². The van der Waals surface area contributed by atoms with E-state index in [0.29, 0.717) is 12.0 Å². The first-order valence-corrected chi connectivity index (χ1v) is 8.22. The number of hydrogen-bond donors (Lipinski definition) is 0. The summed E-state index contributed by atoms with van der Waals surface area (Å²) in [6.07, 6.45) is 7.13. The van der Waals surface area contributed by atoms with Crippen molar-refractivity contribution in [2.24, 2.45) is 7.05 Å². The van der Waals surface area contributed by atoms with Crippen LogP contribution in [0.15, 0.2) is 12.3 Å². The zero-order valence-corrected chi connectivity index (χ0v) is 13.0. The molecule has 0 aromatic carbocycles. The summed E-state index contributed by atoms with van der Waals surface area (Å²) in [7, 11) is 2.04. The van der Waals surface area contributed by atoms with Crippen molar-refractivity contribution in [1.82, 2.24) is 14.7 Å². The van der Waals surface area contributed by atoms with Crippen molar-refractivity contribution in [3.05, 3.63) is 18.0 Å². The van der Waals surface area contributed by atoms with Gasteiger partial charge in [-0.1, -0.05) is 0 Å². The highest BCUT2D eigenvalue weighted by Crippen LogP contribution is 2.26. The Balaban J connectivity index is 1.38. The second-order valence-electron chi connectivity index (χ2n) is 6.23. The molecule has 2 aliphatic heterocycles. The molecule has 2 aliphatic rings. The fourth-order valence-corrected chi connectivity index (χ4v) is 3.47. The molecule has 2 saturated heterocycles. The molecule has 0 N–H and O–H groups in total. The molecule has 3 rings (SSSR count). The van der Waals surface area contributed by atoms with Gasteiger partial charge in [0.15, 0.2) is 0 Å². The summed E-state index contributed by atoms with van der Waals surface area (Å²) in [6.45, 7) is 5.84. The average Bonchev–Trinajstić information content (AvgIpc) is 3.15. The lowest BCUT2D eigenvalue weighted by molar-refractivity contribution is 0.00845. The van der Waals surface area contributed by atoms with E-state index in [-0.39, 0.29) is 0 Å². The number of rotatable bonds is 6. The van der Waals surface area contributed by atoms with Crippen molar-refractivity contribution in [2.75, 3.05) is 39.5 Å². The van der Waals surface area contributed by atoms with Gasteiger partial charge >= 0.3 is 0 Å². The SMILES string of the molecule is Cn1nccc1[C@H]1CCCN(CCOC[C@@H]2CCCO2)C1. The Hall–Kier alpha value is -0.910. The van der Waals surface area contributed by atoms with Gasteiger partial charge in [0, 0.05) is 44.6 Å². The molecule has 0 bridgehead atoms. The van der Waals surface area contributed by atoms with E-state index in [1.807, 2.05) is 17.9 Å². The van der Waals surface area contributed by atoms with E-state index in [9.17, 15) is 0 Å². The third-order valence-electron chi connectivity index (χ3n) is 4.66. The number of piperidine rings is 1. The third kappa shape index (κ3) is 4.05. The smallest absolute Gasteiger partial charge is 0.0809 e. The second kappa shape index (κ2) is 7.38. The van der Waals surface area contributed by atoms with Crippen molar-refractivity contribution in [3.63, 3.8) is 0 Å². The van der Waals surface area contributed by atoms with Gasteiger partial charge in [0.05, 0.1) is 19.3 Å². The van der Waals surface area contributed by atoms with Crippen LogP contribution in [-0.4, -0.2) is 60.2 Å². The van der Waals surface area contributed by atoms with Crippen LogP contribution in [-0.2, 0) is 16.5 Å². The Kier molecular flexibility index (Phi) is 5.27. The lowest BCUT2D eigenvalue weighted by Gasteiger charge is -2.32. The van der Waals surface area contributed by atoms with Crippen LogP contribution in [0.1, 0.15) is 37.3 Å². The molecule has 21 heavy (non-hydrogen) atoms. The van der Waals surface area contributed by atoms with Gasteiger partial charge in [-0.15, -0.1) is 0 Å². The highest BCUT2D eigenvalue weighted by Gasteiger charge is 2.23. The maximum Gasteiger partial charge on any atom is 0.0809 e. The van der Waals surface area contributed by atoms with Crippen LogP contribution in [0, 0.1) is 0 Å². The number of nitrogens with zero attached hydrogens (tertiary/aromatic N) is 3. The molecule has 2 fully saturated rings. The largest absolute Gasteiger partial charge is 0.377 e. The second-order valence-corrected chi connectivity index (χ2v) is 6.23. The van der Waals surface area contributed by atoms with Crippen molar-refractivity contribution in [2.45, 2.75) is 37.7 Å². The number of likely N-dealkylation sites (tertiary alicyclic amines) is 1. The van der Waals surface area contributed by atoms with Gasteiger partial charge in [-0.3, -0.25) is 4.68 Å². The molecule has 0 spiro atoms. The van der Waals surface area contributed by atoms with E-state index in [1.54, 1.807) is 0 Å². The maximum absolute atomic E-state index is 5.79. The Bertz CT molecular complexity index is 429. The zero-order chi connectivity index (χ0) is 14.5. The van der Waals surface area contributed by atoms with E-state index >= 15 is 0 Å². The molecule has 1 aromatic rings. The number of aromatic nitrogens is 2. The molecular formula is C16H27N3O2. The molecule has 2 atom stereocenters. The molecule has 0 saturated carbocycles. The Morgan fingerprint density at radius 2 is 2.33 bits per heavy atom. The van der Waals surface area contributed by atoms with Crippen LogP contribution >= 0.6 is 0 Å². The van der Waals surface area contributed by atoms with E-state index in [0.717, 1.165) is 39.3 Å². The first-order chi connectivity index (χ1) is 10.3. The molecule has 5 heteroatoms. The fourth-order valence-electron chi connectivity index (χ4n) is 3.47. The van der Waals surface area contributed by atoms with E-state index < -0.39 is 0 Å². The van der Waals surface area contributed by atoms with Crippen LogP contribution in [0.2, 0.25) is 0 Å². The fraction of sp³-hybridized carbons (Fsp3) is 0.812. The summed E-state index contributed by atoms with van der Waals surface area (Å²) in [6, 6.07) is 2.15. The average molecular weight is 293 g/mol. The predicted molar refractivity (Wildman–Crippen MR) is 81.4 cm³/mol. The lowest BCUT2D eigenvalue weighted by atomic mass is 9.95. The van der Waals surface area contributed by atoms with Crippen molar-refractivity contribution in [3.8, 4) is 0 Å². The molecular weight excluding hydrogens is 266 g/mol. The molecule has 5 nitrogen and oxygen atoms in total. The zero-order valence-electron chi connectivity index (χ0n) is 13.0. The topological polar surface area (TPSA) is 39.5 Å².